The van der Waals surface area contributed by atoms with Crippen molar-refractivity contribution < 1.29 is 28.6 Å². The molecule has 0 aromatic carbocycles. The molecule has 0 saturated heterocycles. The quantitative estimate of drug-likeness (QED) is 0.0278. The van der Waals surface area contributed by atoms with Gasteiger partial charge in [0.25, 0.3) is 0 Å². The Hall–Kier alpha value is -2.89. The van der Waals surface area contributed by atoms with Gasteiger partial charge >= 0.3 is 17.9 Å². The fourth-order valence-electron chi connectivity index (χ4n) is 5.43. The number of hydrogen-bond donors (Lipinski definition) is 0. The van der Waals surface area contributed by atoms with Crippen LogP contribution in [-0.2, 0) is 28.6 Å². The molecule has 0 aliphatic rings. The van der Waals surface area contributed by atoms with E-state index in [-0.39, 0.29) is 31.1 Å². The molecule has 0 aliphatic heterocycles. The van der Waals surface area contributed by atoms with Gasteiger partial charge in [0.15, 0.2) is 6.10 Å². The normalized spacial score (nSPS) is 12.6. The zero-order valence-electron chi connectivity index (χ0n) is 33.1. The minimum atomic E-state index is -0.791. The van der Waals surface area contributed by atoms with Crippen molar-refractivity contribution in [2.75, 3.05) is 13.2 Å². The summed E-state index contributed by atoms with van der Waals surface area (Å²) in [5.74, 6) is -0.959. The van der Waals surface area contributed by atoms with Crippen LogP contribution in [0.4, 0.5) is 0 Å². The van der Waals surface area contributed by atoms with Gasteiger partial charge in [-0.3, -0.25) is 14.4 Å². The lowest BCUT2D eigenvalue weighted by atomic mass is 10.1. The van der Waals surface area contributed by atoms with Gasteiger partial charge in [-0.15, -0.1) is 0 Å². The van der Waals surface area contributed by atoms with E-state index in [1.54, 1.807) is 0 Å². The van der Waals surface area contributed by atoms with Crippen LogP contribution >= 0.6 is 0 Å². The Kier molecular flexibility index (Phi) is 37.6. The molecular formula is C45H76O6. The molecule has 1 atom stereocenters. The Balaban J connectivity index is 4.46. The van der Waals surface area contributed by atoms with Crippen molar-refractivity contribution in [2.45, 2.75) is 194 Å². The first-order valence-corrected chi connectivity index (χ1v) is 20.8. The third kappa shape index (κ3) is 38.2. The van der Waals surface area contributed by atoms with Gasteiger partial charge in [-0.05, 0) is 77.0 Å². The molecule has 1 unspecified atom stereocenters. The van der Waals surface area contributed by atoms with Crippen LogP contribution in [0.5, 0.6) is 0 Å². The molecule has 292 valence electrons. The average molecular weight is 713 g/mol. The fraction of sp³-hybridized carbons (Fsp3) is 0.711. The first-order chi connectivity index (χ1) is 25.0. The van der Waals surface area contributed by atoms with E-state index in [0.717, 1.165) is 109 Å². The molecule has 0 aromatic heterocycles. The lowest BCUT2D eigenvalue weighted by Crippen LogP contribution is -2.30. The molecule has 0 radical (unpaired) electrons. The average Bonchev–Trinajstić information content (AvgIpc) is 3.12. The summed E-state index contributed by atoms with van der Waals surface area (Å²) >= 11 is 0. The summed E-state index contributed by atoms with van der Waals surface area (Å²) in [5.41, 5.74) is 0. The van der Waals surface area contributed by atoms with E-state index in [9.17, 15) is 14.4 Å². The van der Waals surface area contributed by atoms with E-state index in [0.29, 0.717) is 19.3 Å². The number of carbonyl (C=O) groups excluding carboxylic acids is 3. The van der Waals surface area contributed by atoms with E-state index in [4.69, 9.17) is 14.2 Å². The van der Waals surface area contributed by atoms with E-state index < -0.39 is 6.10 Å². The third-order valence-corrected chi connectivity index (χ3v) is 8.52. The molecule has 6 nitrogen and oxygen atoms in total. The lowest BCUT2D eigenvalue weighted by molar-refractivity contribution is -0.167. The van der Waals surface area contributed by atoms with Gasteiger partial charge in [0.05, 0.1) is 0 Å². The zero-order valence-corrected chi connectivity index (χ0v) is 33.1. The standard InChI is InChI=1S/C45H76O6/c1-4-7-10-13-16-19-21-23-26-29-32-35-38-44(47)50-41-42(40-49-43(46)37-34-31-28-25-18-15-12-9-6-3)51-45(48)39-36-33-30-27-24-22-20-17-14-11-8-5-2/h7-8,10-11,16-17,19-20,23,26,42H,4-6,9,12-15,18,21-22,24-25,27-41H2,1-3H3/b10-7-,11-8-,19-16-,20-17-,26-23-. The lowest BCUT2D eigenvalue weighted by Gasteiger charge is -2.18. The number of ether oxygens (including phenoxy) is 3. The predicted molar refractivity (Wildman–Crippen MR) is 215 cm³/mol. The second kappa shape index (κ2) is 39.9. The molecule has 0 aliphatic carbocycles. The Morgan fingerprint density at radius 2 is 0.765 bits per heavy atom. The topological polar surface area (TPSA) is 78.9 Å². The molecule has 0 amide bonds. The Bertz CT molecular complexity index is 960. The zero-order chi connectivity index (χ0) is 37.3. The summed E-state index contributed by atoms with van der Waals surface area (Å²) < 4.78 is 16.6. The van der Waals surface area contributed by atoms with Gasteiger partial charge in [-0.2, -0.15) is 0 Å². The van der Waals surface area contributed by atoms with Gasteiger partial charge in [0, 0.05) is 19.3 Å². The van der Waals surface area contributed by atoms with Crippen molar-refractivity contribution >= 4 is 17.9 Å². The number of allylic oxidation sites excluding steroid dienone is 10. The SMILES string of the molecule is CC/C=C\C/C=C\C/C=C\CCCCC(=O)OCC(COC(=O)CCCCCCCCCCC)OC(=O)CCCCCCC/C=C\C/C=C\CC. The van der Waals surface area contributed by atoms with Crippen molar-refractivity contribution in [1.82, 2.24) is 0 Å². The van der Waals surface area contributed by atoms with Crippen molar-refractivity contribution in [3.63, 3.8) is 0 Å². The van der Waals surface area contributed by atoms with Crippen LogP contribution in [0, 0.1) is 0 Å². The third-order valence-electron chi connectivity index (χ3n) is 8.52. The minimum Gasteiger partial charge on any atom is -0.462 e. The van der Waals surface area contributed by atoms with Crippen LogP contribution < -0.4 is 0 Å². The van der Waals surface area contributed by atoms with Crippen molar-refractivity contribution in [3.05, 3.63) is 60.8 Å². The van der Waals surface area contributed by atoms with Crippen LogP contribution in [0.15, 0.2) is 60.8 Å². The van der Waals surface area contributed by atoms with E-state index in [1.165, 1.54) is 38.5 Å². The monoisotopic (exact) mass is 713 g/mol. The number of carbonyl (C=O) groups is 3. The summed E-state index contributed by atoms with van der Waals surface area (Å²) in [6, 6.07) is 0. The van der Waals surface area contributed by atoms with E-state index >= 15 is 0 Å². The summed E-state index contributed by atoms with van der Waals surface area (Å²) in [5, 5.41) is 0. The maximum atomic E-state index is 12.6. The molecule has 0 fully saturated rings. The molecule has 0 N–H and O–H groups in total. The van der Waals surface area contributed by atoms with Crippen molar-refractivity contribution in [2.24, 2.45) is 0 Å². The first kappa shape index (κ1) is 48.1. The number of hydrogen-bond acceptors (Lipinski definition) is 6. The van der Waals surface area contributed by atoms with Gasteiger partial charge in [0.2, 0.25) is 0 Å². The number of esters is 3. The second-order valence-electron chi connectivity index (χ2n) is 13.5. The molecule has 6 heteroatoms. The van der Waals surface area contributed by atoms with Crippen LogP contribution in [0.25, 0.3) is 0 Å². The predicted octanol–water partition coefficient (Wildman–Crippen LogP) is 13.0. The molecular weight excluding hydrogens is 636 g/mol. The Morgan fingerprint density at radius 1 is 0.412 bits per heavy atom. The highest BCUT2D eigenvalue weighted by Gasteiger charge is 2.19. The molecule has 51 heavy (non-hydrogen) atoms. The highest BCUT2D eigenvalue weighted by atomic mass is 16.6. The van der Waals surface area contributed by atoms with Crippen molar-refractivity contribution in [3.8, 4) is 0 Å². The number of unbranched alkanes of at least 4 members (excludes halogenated alkanes) is 15. The molecule has 0 rings (SSSR count). The molecule has 0 bridgehead atoms. The number of rotatable bonds is 36. The van der Waals surface area contributed by atoms with Crippen molar-refractivity contribution in [1.29, 1.82) is 0 Å². The minimum absolute atomic E-state index is 0.0921. The van der Waals surface area contributed by atoms with E-state index in [1.807, 2.05) is 0 Å². The summed E-state index contributed by atoms with van der Waals surface area (Å²) in [6.07, 6.45) is 46.4. The smallest absolute Gasteiger partial charge is 0.306 e. The van der Waals surface area contributed by atoms with Gasteiger partial charge in [-0.25, -0.2) is 0 Å². The summed E-state index contributed by atoms with van der Waals surface area (Å²) in [7, 11) is 0. The summed E-state index contributed by atoms with van der Waals surface area (Å²) in [6.45, 7) is 6.31. The molecule has 0 saturated carbocycles. The first-order valence-electron chi connectivity index (χ1n) is 20.8. The van der Waals surface area contributed by atoms with E-state index in [2.05, 4.69) is 81.5 Å². The van der Waals surface area contributed by atoms with Crippen LogP contribution in [-0.4, -0.2) is 37.2 Å². The Morgan fingerprint density at radius 3 is 1.24 bits per heavy atom. The van der Waals surface area contributed by atoms with Gasteiger partial charge < -0.3 is 14.2 Å². The second-order valence-corrected chi connectivity index (χ2v) is 13.5. The Labute approximate surface area is 313 Å². The highest BCUT2D eigenvalue weighted by Crippen LogP contribution is 2.13. The highest BCUT2D eigenvalue weighted by molar-refractivity contribution is 5.71. The summed E-state index contributed by atoms with van der Waals surface area (Å²) in [4.78, 5) is 37.5. The van der Waals surface area contributed by atoms with Crippen LogP contribution in [0.2, 0.25) is 0 Å². The maximum Gasteiger partial charge on any atom is 0.306 e. The largest absolute Gasteiger partial charge is 0.462 e. The molecule has 0 heterocycles. The van der Waals surface area contributed by atoms with Gasteiger partial charge in [-0.1, -0.05) is 152 Å². The van der Waals surface area contributed by atoms with Gasteiger partial charge in [0.1, 0.15) is 13.2 Å². The molecule has 0 spiro atoms. The fourth-order valence-corrected chi connectivity index (χ4v) is 5.43. The van der Waals surface area contributed by atoms with Crippen LogP contribution in [0.1, 0.15) is 188 Å². The van der Waals surface area contributed by atoms with Crippen LogP contribution in [0.3, 0.4) is 0 Å². The maximum absolute atomic E-state index is 12.6. The molecule has 0 aromatic rings.